The van der Waals surface area contributed by atoms with Gasteiger partial charge in [0, 0.05) is 60.1 Å². The van der Waals surface area contributed by atoms with Gasteiger partial charge >= 0.3 is 0 Å². The van der Waals surface area contributed by atoms with Crippen molar-refractivity contribution >= 4 is 65.6 Å². The molecule has 18 rings (SSSR count). The highest BCUT2D eigenvalue weighted by Crippen LogP contribution is 2.63. The Morgan fingerprint density at radius 1 is 0.431 bits per heavy atom. The molecule has 8 aliphatic carbocycles. The molecule has 8 aliphatic rings. The zero-order chi connectivity index (χ0) is 42.2. The first-order chi connectivity index (χ1) is 32.0. The molecule has 6 heteroatoms. The molecule has 0 amide bonds. The third-order valence-electron chi connectivity index (χ3n) is 18.1. The molecule has 8 fully saturated rings. The Morgan fingerprint density at radius 3 is 1.52 bits per heavy atom. The number of rotatable bonds is 5. The molecule has 318 valence electrons. The highest BCUT2D eigenvalue weighted by atomic mass is 16.3. The number of hydrogen-bond acceptors (Lipinski definition) is 4. The third kappa shape index (κ3) is 4.93. The molecule has 0 saturated heterocycles. The van der Waals surface area contributed by atoms with Crippen LogP contribution in [0.25, 0.3) is 88.3 Å². The van der Waals surface area contributed by atoms with Gasteiger partial charge in [0.05, 0.1) is 22.1 Å². The summed E-state index contributed by atoms with van der Waals surface area (Å²) in [6, 6.07) is 46.5. The Kier molecular flexibility index (Phi) is 7.06. The number of aromatic nitrogens is 5. The zero-order valence-electron chi connectivity index (χ0n) is 36.7. The minimum absolute atomic E-state index is 0.0885. The summed E-state index contributed by atoms with van der Waals surface area (Å²) < 4.78 is 12.0. The molecule has 6 nitrogen and oxygen atoms in total. The molecule has 0 N–H and O–H groups in total. The Bertz CT molecular complexity index is 3510. The van der Waals surface area contributed by atoms with E-state index in [-0.39, 0.29) is 10.8 Å². The summed E-state index contributed by atoms with van der Waals surface area (Å²) in [7, 11) is 0. The normalized spacial score (nSPS) is 28.9. The minimum Gasteiger partial charge on any atom is -0.454 e. The van der Waals surface area contributed by atoms with Gasteiger partial charge in [0.1, 0.15) is 17.2 Å². The second-order valence-corrected chi connectivity index (χ2v) is 22.0. The number of para-hydroxylation sites is 4. The van der Waals surface area contributed by atoms with E-state index in [0.717, 1.165) is 103 Å². The molecule has 8 saturated carbocycles. The molecule has 65 heavy (non-hydrogen) atoms. The van der Waals surface area contributed by atoms with E-state index in [1.165, 1.54) is 110 Å². The van der Waals surface area contributed by atoms with E-state index in [0.29, 0.717) is 0 Å². The molecule has 0 spiro atoms. The van der Waals surface area contributed by atoms with Crippen LogP contribution in [0.1, 0.15) is 88.7 Å². The minimum atomic E-state index is 0.0885. The summed E-state index contributed by atoms with van der Waals surface area (Å²) in [6.07, 6.45) is 16.0. The van der Waals surface area contributed by atoms with Crippen molar-refractivity contribution in [1.29, 1.82) is 0 Å². The van der Waals surface area contributed by atoms with Crippen LogP contribution in [0.4, 0.5) is 0 Å². The summed E-state index contributed by atoms with van der Waals surface area (Å²) in [6.45, 7) is 0. The molecular weight excluding hydrogens is 795 g/mol. The van der Waals surface area contributed by atoms with Crippen molar-refractivity contribution in [1.82, 2.24) is 24.1 Å². The fraction of sp³-hybridized carbons (Fsp3) is 0.339. The van der Waals surface area contributed by atoms with Crippen LogP contribution in [-0.4, -0.2) is 24.1 Å². The van der Waals surface area contributed by atoms with E-state index in [1.807, 2.05) is 0 Å². The van der Waals surface area contributed by atoms with Gasteiger partial charge in [-0.3, -0.25) is 0 Å². The Labute approximate surface area is 377 Å². The van der Waals surface area contributed by atoms with Gasteiger partial charge in [0.15, 0.2) is 11.4 Å². The van der Waals surface area contributed by atoms with Gasteiger partial charge in [-0.25, -0.2) is 15.0 Å². The molecule has 6 aromatic carbocycles. The average molecular weight is 846 g/mol. The SMILES string of the molecule is c1ccc(-n2c3ccccc3c3c2c2oc4ccccc4c2c2c4ccccc4n(-c4cccc(-c5nc(C67CC8CC(CC(C8)C6)C7)nc(C67CC8CC(CC(C8)C6)C7)n5)c4)c23)cc1. The lowest BCUT2D eigenvalue weighted by atomic mass is 9.49. The predicted octanol–water partition coefficient (Wildman–Crippen LogP) is 14.6. The molecule has 4 heterocycles. The second kappa shape index (κ2) is 12.7. The fourth-order valence-corrected chi connectivity index (χ4v) is 16.5. The van der Waals surface area contributed by atoms with Crippen LogP contribution in [0.2, 0.25) is 0 Å². The smallest absolute Gasteiger partial charge is 0.163 e. The van der Waals surface area contributed by atoms with E-state index in [4.69, 9.17) is 19.4 Å². The van der Waals surface area contributed by atoms with Crippen molar-refractivity contribution in [3.05, 3.63) is 139 Å². The van der Waals surface area contributed by atoms with Crippen molar-refractivity contribution in [2.75, 3.05) is 0 Å². The largest absolute Gasteiger partial charge is 0.454 e. The van der Waals surface area contributed by atoms with Crippen LogP contribution in [0.15, 0.2) is 132 Å². The summed E-state index contributed by atoms with van der Waals surface area (Å²) in [5, 5.41) is 7.14. The Balaban J connectivity index is 0.980. The molecule has 0 atom stereocenters. The Hall–Kier alpha value is -6.27. The van der Waals surface area contributed by atoms with Crippen LogP contribution in [0, 0.1) is 35.5 Å². The van der Waals surface area contributed by atoms with Crippen molar-refractivity contribution < 1.29 is 4.42 Å². The van der Waals surface area contributed by atoms with Crippen molar-refractivity contribution in [3.63, 3.8) is 0 Å². The predicted molar refractivity (Wildman–Crippen MR) is 261 cm³/mol. The quantitative estimate of drug-likeness (QED) is 0.173. The van der Waals surface area contributed by atoms with Crippen molar-refractivity contribution in [2.45, 2.75) is 87.9 Å². The number of nitrogens with zero attached hydrogens (tertiary/aromatic N) is 5. The number of hydrogen-bond donors (Lipinski definition) is 0. The summed E-state index contributed by atoms with van der Waals surface area (Å²) in [4.78, 5) is 17.2. The number of fused-ring (bicyclic) bond motifs is 12. The second-order valence-electron chi connectivity index (χ2n) is 22.0. The highest BCUT2D eigenvalue weighted by Gasteiger charge is 2.56. The third-order valence-corrected chi connectivity index (χ3v) is 18.1. The van der Waals surface area contributed by atoms with Gasteiger partial charge < -0.3 is 13.6 Å². The summed E-state index contributed by atoms with van der Waals surface area (Å²) in [5.74, 6) is 8.11. The maximum Gasteiger partial charge on any atom is 0.163 e. The molecular formula is C59H51N5O. The number of benzene rings is 6. The first kappa shape index (κ1) is 36.0. The maximum absolute atomic E-state index is 7.05. The van der Waals surface area contributed by atoms with Crippen LogP contribution < -0.4 is 0 Å². The molecule has 0 aliphatic heterocycles. The maximum atomic E-state index is 7.05. The molecule has 8 bridgehead atoms. The van der Waals surface area contributed by atoms with Crippen LogP contribution in [-0.2, 0) is 10.8 Å². The van der Waals surface area contributed by atoms with Gasteiger partial charge in [0.2, 0.25) is 0 Å². The first-order valence-corrected chi connectivity index (χ1v) is 24.8. The lowest BCUT2D eigenvalue weighted by molar-refractivity contribution is -0.0155. The van der Waals surface area contributed by atoms with Gasteiger partial charge in [-0.15, -0.1) is 0 Å². The van der Waals surface area contributed by atoms with Crippen LogP contribution in [0.5, 0.6) is 0 Å². The van der Waals surface area contributed by atoms with Gasteiger partial charge in [-0.1, -0.05) is 84.9 Å². The molecule has 4 aromatic heterocycles. The zero-order valence-corrected chi connectivity index (χ0v) is 36.7. The lowest BCUT2D eigenvalue weighted by Crippen LogP contribution is -2.51. The summed E-state index contributed by atoms with van der Waals surface area (Å²) in [5.41, 5.74) is 9.95. The van der Waals surface area contributed by atoms with E-state index < -0.39 is 0 Å². The van der Waals surface area contributed by atoms with Gasteiger partial charge in [-0.2, -0.15) is 0 Å². The molecule has 0 unspecified atom stereocenters. The standard InChI is InChI=1S/C59H51N5O/c1-2-12-41(13-3-1)63-47-19-8-5-16-44(47)51-52-49(50-45-17-6-9-20-48(45)65-54(50)53(51)63)43-15-4-7-18-46(43)64(52)42-14-10-11-40(27-42)55-60-56(58-28-34-21-35(29-58)23-36(22-34)30-58)62-57(61-55)59-31-37-24-38(32-59)26-39(25-37)33-59/h1-20,27,34-39H,21-26,28-33H2. The van der Waals surface area contributed by atoms with Crippen molar-refractivity contribution in [3.8, 4) is 22.8 Å². The monoisotopic (exact) mass is 845 g/mol. The average Bonchev–Trinajstić information content (AvgIpc) is 3.99. The van der Waals surface area contributed by atoms with Crippen LogP contribution in [0.3, 0.4) is 0 Å². The topological polar surface area (TPSA) is 61.7 Å². The van der Waals surface area contributed by atoms with Crippen LogP contribution >= 0.6 is 0 Å². The highest BCUT2D eigenvalue weighted by molar-refractivity contribution is 6.39. The molecule has 10 aromatic rings. The number of furan rings is 1. The molecule has 0 radical (unpaired) electrons. The van der Waals surface area contributed by atoms with Gasteiger partial charge in [0.25, 0.3) is 0 Å². The lowest BCUT2D eigenvalue weighted by Gasteiger charge is -2.57. The Morgan fingerprint density at radius 2 is 0.923 bits per heavy atom. The first-order valence-electron chi connectivity index (χ1n) is 24.8. The van der Waals surface area contributed by atoms with E-state index in [9.17, 15) is 0 Å². The van der Waals surface area contributed by atoms with Gasteiger partial charge in [-0.05, 0) is 155 Å². The van der Waals surface area contributed by atoms with E-state index >= 15 is 0 Å². The van der Waals surface area contributed by atoms with Crippen molar-refractivity contribution in [2.24, 2.45) is 35.5 Å². The van der Waals surface area contributed by atoms with E-state index in [1.54, 1.807) is 0 Å². The fourth-order valence-electron chi connectivity index (χ4n) is 16.5. The van der Waals surface area contributed by atoms with E-state index in [2.05, 4.69) is 137 Å². The summed E-state index contributed by atoms with van der Waals surface area (Å²) >= 11 is 0.